The average molecular weight is 262 g/mol. The van der Waals surface area contributed by atoms with Crippen LogP contribution in [0.4, 0.5) is 5.95 Å². The fraction of sp³-hybridized carbons (Fsp3) is 0.600. The predicted octanol–water partition coefficient (Wildman–Crippen LogP) is 2.00. The molecule has 0 amide bonds. The summed E-state index contributed by atoms with van der Waals surface area (Å²) in [5.41, 5.74) is -0.0950. The molecule has 0 saturated heterocycles. The minimum atomic E-state index is -0.0950. The van der Waals surface area contributed by atoms with Crippen LogP contribution < -0.4 is 10.5 Å². The lowest BCUT2D eigenvalue weighted by molar-refractivity contribution is 0.769. The van der Waals surface area contributed by atoms with Crippen LogP contribution in [0.25, 0.3) is 0 Å². The lowest BCUT2D eigenvalue weighted by atomic mass is 10.6. The lowest BCUT2D eigenvalue weighted by Gasteiger charge is -2.17. The van der Waals surface area contributed by atoms with Crippen LogP contribution in [0, 0.1) is 0 Å². The number of anilines is 1. The first-order chi connectivity index (χ1) is 7.34. The van der Waals surface area contributed by atoms with E-state index in [0.717, 1.165) is 0 Å². The molecular formula is C10H16ClN3OS. The Balaban J connectivity index is 3.35. The molecule has 1 rings (SSSR count). The Bertz CT molecular complexity index is 442. The Morgan fingerprint density at radius 2 is 2.00 bits per heavy atom. The van der Waals surface area contributed by atoms with E-state index in [1.165, 1.54) is 16.3 Å². The molecule has 0 unspecified atom stereocenters. The number of rotatable bonds is 3. The highest BCUT2D eigenvalue weighted by molar-refractivity contribution is 8.00. The van der Waals surface area contributed by atoms with Crippen molar-refractivity contribution >= 4 is 29.3 Å². The first kappa shape index (κ1) is 13.4. The summed E-state index contributed by atoms with van der Waals surface area (Å²) < 4.78 is 1.51. The van der Waals surface area contributed by atoms with Crippen LogP contribution in [0.1, 0.15) is 13.8 Å². The standard InChI is InChI=1S/C10H16ClN3OS/c1-6(2)16-7-8(11)12-10(13(3)4)14(5)9(7)15/h6H,1-5H3. The Kier molecular flexibility index (Phi) is 4.27. The predicted molar refractivity (Wildman–Crippen MR) is 69.8 cm³/mol. The molecular weight excluding hydrogens is 246 g/mol. The summed E-state index contributed by atoms with van der Waals surface area (Å²) in [6.45, 7) is 4.03. The highest BCUT2D eigenvalue weighted by atomic mass is 35.5. The third-order valence-corrected chi connectivity index (χ3v) is 3.40. The van der Waals surface area contributed by atoms with Gasteiger partial charge in [0, 0.05) is 26.4 Å². The lowest BCUT2D eigenvalue weighted by Crippen LogP contribution is -2.27. The summed E-state index contributed by atoms with van der Waals surface area (Å²) in [6, 6.07) is 0. The number of thioether (sulfide) groups is 1. The van der Waals surface area contributed by atoms with Crippen molar-refractivity contribution < 1.29 is 0 Å². The second kappa shape index (κ2) is 5.10. The zero-order valence-corrected chi connectivity index (χ0v) is 11.7. The molecule has 1 aromatic heterocycles. The molecule has 0 aromatic carbocycles. The van der Waals surface area contributed by atoms with Gasteiger partial charge in [-0.1, -0.05) is 25.4 Å². The molecule has 0 bridgehead atoms. The fourth-order valence-electron chi connectivity index (χ4n) is 1.28. The number of hydrogen-bond donors (Lipinski definition) is 0. The molecule has 0 N–H and O–H groups in total. The topological polar surface area (TPSA) is 38.1 Å². The van der Waals surface area contributed by atoms with Gasteiger partial charge < -0.3 is 4.90 Å². The zero-order valence-electron chi connectivity index (χ0n) is 10.1. The summed E-state index contributed by atoms with van der Waals surface area (Å²) in [7, 11) is 5.35. The second-order valence-corrected chi connectivity index (χ2v) is 5.90. The Hall–Kier alpha value is -0.680. The number of hydrogen-bond acceptors (Lipinski definition) is 4. The summed E-state index contributed by atoms with van der Waals surface area (Å²) >= 11 is 7.46. The first-order valence-corrected chi connectivity index (χ1v) is 6.20. The van der Waals surface area contributed by atoms with Crippen LogP contribution in [0.2, 0.25) is 5.15 Å². The maximum absolute atomic E-state index is 12.0. The Labute approximate surface area is 105 Å². The van der Waals surface area contributed by atoms with E-state index in [4.69, 9.17) is 11.6 Å². The molecule has 90 valence electrons. The van der Waals surface area contributed by atoms with Crippen LogP contribution in [-0.4, -0.2) is 28.9 Å². The zero-order chi connectivity index (χ0) is 12.5. The van der Waals surface area contributed by atoms with Crippen molar-refractivity contribution in [3.63, 3.8) is 0 Å². The molecule has 0 aliphatic carbocycles. The van der Waals surface area contributed by atoms with Crippen LogP contribution in [0.5, 0.6) is 0 Å². The maximum atomic E-state index is 12.0. The van der Waals surface area contributed by atoms with Gasteiger partial charge in [-0.3, -0.25) is 9.36 Å². The van der Waals surface area contributed by atoms with Crippen LogP contribution >= 0.6 is 23.4 Å². The Morgan fingerprint density at radius 3 is 2.44 bits per heavy atom. The molecule has 1 heterocycles. The molecule has 0 fully saturated rings. The van der Waals surface area contributed by atoms with Gasteiger partial charge >= 0.3 is 0 Å². The molecule has 6 heteroatoms. The van der Waals surface area contributed by atoms with Crippen LogP contribution in [0.15, 0.2) is 9.69 Å². The molecule has 16 heavy (non-hydrogen) atoms. The van der Waals surface area contributed by atoms with E-state index in [-0.39, 0.29) is 10.7 Å². The summed E-state index contributed by atoms with van der Waals surface area (Å²) in [6.07, 6.45) is 0. The van der Waals surface area contributed by atoms with Crippen LogP contribution in [0.3, 0.4) is 0 Å². The second-order valence-electron chi connectivity index (χ2n) is 3.96. The molecule has 0 spiro atoms. The number of nitrogens with zero attached hydrogens (tertiary/aromatic N) is 3. The van der Waals surface area contributed by atoms with Crippen molar-refractivity contribution in [2.24, 2.45) is 7.05 Å². The average Bonchev–Trinajstić information content (AvgIpc) is 2.17. The molecule has 0 aliphatic rings. The van der Waals surface area contributed by atoms with E-state index in [1.807, 2.05) is 27.9 Å². The normalized spacial score (nSPS) is 10.9. The highest BCUT2D eigenvalue weighted by Crippen LogP contribution is 2.26. The van der Waals surface area contributed by atoms with Crippen molar-refractivity contribution in [2.45, 2.75) is 24.0 Å². The fourth-order valence-corrected chi connectivity index (χ4v) is 2.42. The minimum absolute atomic E-state index is 0.0950. The third kappa shape index (κ3) is 2.71. The summed E-state index contributed by atoms with van der Waals surface area (Å²) in [5, 5.41) is 0.586. The van der Waals surface area contributed by atoms with E-state index in [0.29, 0.717) is 16.1 Å². The molecule has 4 nitrogen and oxygen atoms in total. The number of halogens is 1. The van der Waals surface area contributed by atoms with Gasteiger partial charge in [0.05, 0.1) is 0 Å². The van der Waals surface area contributed by atoms with Gasteiger partial charge in [0.2, 0.25) is 5.95 Å². The van der Waals surface area contributed by atoms with Gasteiger partial charge in [0.15, 0.2) is 5.15 Å². The third-order valence-electron chi connectivity index (χ3n) is 1.94. The van der Waals surface area contributed by atoms with E-state index in [1.54, 1.807) is 11.9 Å². The minimum Gasteiger partial charge on any atom is -0.348 e. The first-order valence-electron chi connectivity index (χ1n) is 4.95. The Morgan fingerprint density at radius 1 is 1.44 bits per heavy atom. The van der Waals surface area contributed by atoms with Crippen molar-refractivity contribution in [1.29, 1.82) is 0 Å². The quantitative estimate of drug-likeness (QED) is 0.616. The SMILES string of the molecule is CC(C)Sc1c(Cl)nc(N(C)C)n(C)c1=O. The van der Waals surface area contributed by atoms with Crippen molar-refractivity contribution in [3.8, 4) is 0 Å². The molecule has 0 aliphatic heterocycles. The van der Waals surface area contributed by atoms with E-state index in [9.17, 15) is 4.79 Å². The molecule has 0 radical (unpaired) electrons. The summed E-state index contributed by atoms with van der Waals surface area (Å²) in [4.78, 5) is 18.5. The van der Waals surface area contributed by atoms with E-state index in [2.05, 4.69) is 4.98 Å². The van der Waals surface area contributed by atoms with Gasteiger partial charge in [-0.2, -0.15) is 0 Å². The molecule has 0 atom stereocenters. The van der Waals surface area contributed by atoms with E-state index >= 15 is 0 Å². The van der Waals surface area contributed by atoms with Crippen molar-refractivity contribution in [3.05, 3.63) is 15.5 Å². The van der Waals surface area contributed by atoms with Gasteiger partial charge in [-0.25, -0.2) is 4.98 Å². The molecule has 1 aromatic rings. The van der Waals surface area contributed by atoms with Gasteiger partial charge in [0.1, 0.15) is 4.90 Å². The van der Waals surface area contributed by atoms with Crippen molar-refractivity contribution in [2.75, 3.05) is 19.0 Å². The van der Waals surface area contributed by atoms with E-state index < -0.39 is 0 Å². The van der Waals surface area contributed by atoms with Crippen molar-refractivity contribution in [1.82, 2.24) is 9.55 Å². The highest BCUT2D eigenvalue weighted by Gasteiger charge is 2.15. The smallest absolute Gasteiger partial charge is 0.269 e. The monoisotopic (exact) mass is 261 g/mol. The molecule has 0 saturated carbocycles. The van der Waals surface area contributed by atoms with Crippen LogP contribution in [-0.2, 0) is 7.05 Å². The van der Waals surface area contributed by atoms with Gasteiger partial charge in [-0.15, -0.1) is 11.8 Å². The summed E-state index contributed by atoms with van der Waals surface area (Å²) in [5.74, 6) is 0.558. The number of aromatic nitrogens is 2. The largest absolute Gasteiger partial charge is 0.348 e. The van der Waals surface area contributed by atoms with Gasteiger partial charge in [-0.05, 0) is 0 Å². The maximum Gasteiger partial charge on any atom is 0.269 e. The van der Waals surface area contributed by atoms with Gasteiger partial charge in [0.25, 0.3) is 5.56 Å².